The Bertz CT molecular complexity index is 457. The van der Waals surface area contributed by atoms with Crippen molar-refractivity contribution in [3.05, 3.63) is 23.1 Å². The van der Waals surface area contributed by atoms with Crippen molar-refractivity contribution in [2.75, 3.05) is 6.26 Å². The lowest BCUT2D eigenvalue weighted by Gasteiger charge is -2.04. The largest absolute Gasteiger partial charge is 0.143 e. The summed E-state index contributed by atoms with van der Waals surface area (Å²) in [7, 11) is 0. The molecule has 0 fully saturated rings. The highest BCUT2D eigenvalue weighted by molar-refractivity contribution is 7.98. The Hall–Kier alpha value is -0.120. The van der Waals surface area contributed by atoms with Gasteiger partial charge in [-0.2, -0.15) is 0 Å². The summed E-state index contributed by atoms with van der Waals surface area (Å²) in [5, 5.41) is 3.47. The summed E-state index contributed by atoms with van der Waals surface area (Å²) in [5.41, 5.74) is 1.41. The van der Waals surface area contributed by atoms with E-state index >= 15 is 0 Å². The minimum Gasteiger partial charge on any atom is -0.143 e. The van der Waals surface area contributed by atoms with Crippen LogP contribution in [-0.2, 0) is 6.42 Å². The van der Waals surface area contributed by atoms with Gasteiger partial charge in [-0.1, -0.05) is 6.92 Å². The first-order chi connectivity index (χ1) is 6.76. The van der Waals surface area contributed by atoms with Crippen LogP contribution in [0, 0.1) is 0 Å². The molecule has 0 nitrogen and oxygen atoms in total. The lowest BCUT2D eigenvalue weighted by molar-refractivity contribution is 1.14. The predicted molar refractivity (Wildman–Crippen MR) is 70.2 cm³/mol. The molecule has 0 unspecified atom stereocenters. The average Bonchev–Trinajstić information content (AvgIpc) is 2.59. The van der Waals surface area contributed by atoms with E-state index < -0.39 is 0 Å². The zero-order valence-corrected chi connectivity index (χ0v) is 10.7. The van der Waals surface area contributed by atoms with Gasteiger partial charge in [0.15, 0.2) is 0 Å². The summed E-state index contributed by atoms with van der Waals surface area (Å²) < 4.78 is 1.36. The third-order valence-electron chi connectivity index (χ3n) is 2.33. The van der Waals surface area contributed by atoms with Crippen LogP contribution in [0.2, 0.25) is 0 Å². The molecular weight excluding hydrogens is 228 g/mol. The quantitative estimate of drug-likeness (QED) is 0.597. The predicted octanol–water partition coefficient (Wildman–Crippen LogP) is 4.47. The van der Waals surface area contributed by atoms with Gasteiger partial charge < -0.3 is 0 Å². The number of hydrogen-bond acceptors (Lipinski definition) is 3. The van der Waals surface area contributed by atoms with Crippen molar-refractivity contribution in [3.63, 3.8) is 0 Å². The summed E-state index contributed by atoms with van der Waals surface area (Å²) in [4.78, 5) is 2.47. The highest BCUT2D eigenvalue weighted by Gasteiger charge is 2.07. The number of thioether (sulfide) groups is 1. The fourth-order valence-electron chi connectivity index (χ4n) is 1.60. The van der Waals surface area contributed by atoms with E-state index in [4.69, 9.17) is 0 Å². The molecule has 0 radical (unpaired) electrons. The molecule has 0 aliphatic heterocycles. The second kappa shape index (κ2) is 4.17. The van der Waals surface area contributed by atoms with Gasteiger partial charge >= 0.3 is 0 Å². The molecule has 2 aromatic rings. The highest BCUT2D eigenvalue weighted by atomic mass is 32.2. The smallest absolute Gasteiger partial charge is 0.0368 e. The van der Waals surface area contributed by atoms with E-state index in [1.54, 1.807) is 23.1 Å². The maximum absolute atomic E-state index is 4.49. The molecule has 0 aliphatic rings. The van der Waals surface area contributed by atoms with Crippen molar-refractivity contribution >= 4 is 45.8 Å². The van der Waals surface area contributed by atoms with Crippen molar-refractivity contribution in [3.8, 4) is 0 Å². The van der Waals surface area contributed by atoms with E-state index in [-0.39, 0.29) is 0 Å². The first-order valence-corrected chi connectivity index (χ1v) is 7.08. The van der Waals surface area contributed by atoms with E-state index in [0.29, 0.717) is 0 Å². The molecule has 0 N–H and O–H groups in total. The summed E-state index contributed by atoms with van der Waals surface area (Å²) >= 11 is 8.08. The Morgan fingerprint density at radius 1 is 1.43 bits per heavy atom. The van der Waals surface area contributed by atoms with Crippen LogP contribution in [0.15, 0.2) is 27.3 Å². The molecule has 1 aromatic carbocycles. The van der Waals surface area contributed by atoms with Crippen LogP contribution in [0.5, 0.6) is 0 Å². The maximum atomic E-state index is 4.49. The van der Waals surface area contributed by atoms with Crippen LogP contribution < -0.4 is 0 Å². The topological polar surface area (TPSA) is 0 Å². The molecule has 0 saturated carbocycles. The van der Waals surface area contributed by atoms with Gasteiger partial charge in [0.25, 0.3) is 0 Å². The Labute approximate surface area is 98.1 Å². The van der Waals surface area contributed by atoms with Gasteiger partial charge in [-0.15, -0.1) is 35.7 Å². The van der Waals surface area contributed by atoms with E-state index in [1.807, 2.05) is 0 Å². The zero-order valence-electron chi connectivity index (χ0n) is 8.20. The zero-order chi connectivity index (χ0) is 10.1. The van der Waals surface area contributed by atoms with Crippen molar-refractivity contribution in [2.45, 2.75) is 23.1 Å². The van der Waals surface area contributed by atoms with Gasteiger partial charge in [0, 0.05) is 25.3 Å². The Balaban J connectivity index is 2.76. The van der Waals surface area contributed by atoms with Gasteiger partial charge in [0.05, 0.1) is 0 Å². The normalized spacial score (nSPS) is 11.1. The highest BCUT2D eigenvalue weighted by Crippen LogP contribution is 2.35. The van der Waals surface area contributed by atoms with Crippen molar-refractivity contribution < 1.29 is 0 Å². The van der Waals surface area contributed by atoms with Gasteiger partial charge in [-0.3, -0.25) is 0 Å². The first kappa shape index (κ1) is 10.4. The Morgan fingerprint density at radius 3 is 2.86 bits per heavy atom. The van der Waals surface area contributed by atoms with Crippen molar-refractivity contribution in [1.82, 2.24) is 0 Å². The number of rotatable bonds is 2. The Kier molecular flexibility index (Phi) is 3.10. The molecule has 14 heavy (non-hydrogen) atoms. The summed E-state index contributed by atoms with van der Waals surface area (Å²) in [6.45, 7) is 2.20. The summed E-state index contributed by atoms with van der Waals surface area (Å²) in [6, 6.07) is 4.53. The van der Waals surface area contributed by atoms with Gasteiger partial charge in [0.1, 0.15) is 0 Å². The van der Waals surface area contributed by atoms with Crippen LogP contribution >= 0.6 is 35.7 Å². The second-order valence-electron chi connectivity index (χ2n) is 3.13. The molecule has 1 heterocycles. The molecule has 0 saturated heterocycles. The van der Waals surface area contributed by atoms with E-state index in [2.05, 4.69) is 43.3 Å². The molecule has 2 rings (SSSR count). The van der Waals surface area contributed by atoms with E-state index in [1.165, 1.54) is 20.5 Å². The number of aryl methyl sites for hydroxylation is 1. The van der Waals surface area contributed by atoms with Crippen LogP contribution in [0.3, 0.4) is 0 Å². The fraction of sp³-hybridized carbons (Fsp3) is 0.273. The van der Waals surface area contributed by atoms with Gasteiger partial charge in [-0.25, -0.2) is 0 Å². The molecule has 0 spiro atoms. The molecule has 74 valence electrons. The fourth-order valence-corrected chi connectivity index (χ4v) is 3.58. The third-order valence-corrected chi connectivity index (χ3v) is 4.49. The summed E-state index contributed by atoms with van der Waals surface area (Å²) in [6.07, 6.45) is 3.20. The minimum atomic E-state index is 1.08. The first-order valence-electron chi connectivity index (χ1n) is 4.53. The van der Waals surface area contributed by atoms with Gasteiger partial charge in [0.2, 0.25) is 0 Å². The van der Waals surface area contributed by atoms with E-state index in [9.17, 15) is 0 Å². The number of benzene rings is 1. The Morgan fingerprint density at radius 2 is 2.21 bits per heavy atom. The summed E-state index contributed by atoms with van der Waals surface area (Å²) in [5.74, 6) is 0. The van der Waals surface area contributed by atoms with Crippen molar-refractivity contribution in [2.24, 2.45) is 0 Å². The number of fused-ring (bicyclic) bond motifs is 1. The molecule has 0 aliphatic carbocycles. The average molecular weight is 240 g/mol. The monoisotopic (exact) mass is 240 g/mol. The number of hydrogen-bond donors (Lipinski definition) is 1. The van der Waals surface area contributed by atoms with E-state index in [0.717, 1.165) is 11.3 Å². The lowest BCUT2D eigenvalue weighted by atomic mass is 10.1. The van der Waals surface area contributed by atoms with Crippen LogP contribution in [0.25, 0.3) is 10.1 Å². The molecule has 0 atom stereocenters. The van der Waals surface area contributed by atoms with Crippen LogP contribution in [0.4, 0.5) is 0 Å². The minimum absolute atomic E-state index is 1.08. The van der Waals surface area contributed by atoms with Crippen molar-refractivity contribution in [1.29, 1.82) is 0 Å². The van der Waals surface area contributed by atoms with Crippen LogP contribution in [-0.4, -0.2) is 6.26 Å². The molecular formula is C11H12S3. The lowest BCUT2D eigenvalue weighted by Crippen LogP contribution is -1.83. The maximum Gasteiger partial charge on any atom is 0.0368 e. The van der Waals surface area contributed by atoms with Crippen LogP contribution in [0.1, 0.15) is 12.5 Å². The third kappa shape index (κ3) is 1.69. The molecule has 0 amide bonds. The second-order valence-corrected chi connectivity index (χ2v) is 5.41. The number of thiophene rings is 1. The molecule has 3 heteroatoms. The standard InChI is InChI=1S/C11H12S3/c1-3-7-4-8(13-2)5-10-11(7)9(12)6-14-10/h4-6,12H,3H2,1-2H3. The SMILES string of the molecule is CCc1cc(SC)cc2scc(S)c12. The molecule has 1 aromatic heterocycles. The molecule has 0 bridgehead atoms. The number of thiol groups is 1. The van der Waals surface area contributed by atoms with Gasteiger partial charge in [-0.05, 0) is 30.4 Å².